The van der Waals surface area contributed by atoms with Crippen molar-refractivity contribution in [2.75, 3.05) is 0 Å². The summed E-state index contributed by atoms with van der Waals surface area (Å²) in [5.74, 6) is -0.863. The van der Waals surface area contributed by atoms with Crippen molar-refractivity contribution in [1.29, 1.82) is 0 Å². The largest absolute Gasteiger partial charge is 0.481 e. The third-order valence-electron chi connectivity index (χ3n) is 3.55. The lowest BCUT2D eigenvalue weighted by molar-refractivity contribution is -0.139. The van der Waals surface area contributed by atoms with E-state index in [0.29, 0.717) is 0 Å². The Morgan fingerprint density at radius 1 is 1.35 bits per heavy atom. The fourth-order valence-corrected chi connectivity index (χ4v) is 2.86. The van der Waals surface area contributed by atoms with Gasteiger partial charge in [0, 0.05) is 4.48 Å². The van der Waals surface area contributed by atoms with E-state index in [1.54, 1.807) is 0 Å². The second kappa shape index (κ2) is 4.30. The minimum Gasteiger partial charge on any atom is -0.481 e. The molecule has 0 amide bonds. The summed E-state index contributed by atoms with van der Waals surface area (Å²) < 4.78 is 0.972. The van der Waals surface area contributed by atoms with Crippen molar-refractivity contribution in [3.8, 4) is 0 Å². The Bertz CT molecular complexity index is 462. The Morgan fingerprint density at radius 2 is 1.94 bits per heavy atom. The minimum atomic E-state index is -0.704. The number of allylic oxidation sites excluding steroid dienone is 1. The van der Waals surface area contributed by atoms with Gasteiger partial charge in [0.15, 0.2) is 0 Å². The SMILES string of the molecule is CC1(C)C(/C=C(\Br)c2ccccc2)C1C(=O)O. The molecular weight excluding hydrogens is 280 g/mol. The maximum Gasteiger partial charge on any atom is 0.307 e. The van der Waals surface area contributed by atoms with Crippen molar-refractivity contribution in [3.63, 3.8) is 0 Å². The van der Waals surface area contributed by atoms with Gasteiger partial charge in [-0.25, -0.2) is 0 Å². The molecule has 0 radical (unpaired) electrons. The molecule has 1 fully saturated rings. The van der Waals surface area contributed by atoms with E-state index in [-0.39, 0.29) is 17.3 Å². The van der Waals surface area contributed by atoms with Gasteiger partial charge in [-0.2, -0.15) is 0 Å². The summed E-state index contributed by atoms with van der Waals surface area (Å²) in [7, 11) is 0. The molecule has 2 rings (SSSR count). The van der Waals surface area contributed by atoms with Gasteiger partial charge >= 0.3 is 5.97 Å². The average molecular weight is 295 g/mol. The molecule has 1 aromatic rings. The average Bonchev–Trinajstić information content (AvgIpc) is 2.81. The van der Waals surface area contributed by atoms with Crippen LogP contribution in [0.5, 0.6) is 0 Å². The van der Waals surface area contributed by atoms with Gasteiger partial charge in [-0.05, 0) is 16.9 Å². The number of hydrogen-bond donors (Lipinski definition) is 1. The zero-order valence-corrected chi connectivity index (χ0v) is 11.4. The molecule has 1 aliphatic rings. The fraction of sp³-hybridized carbons (Fsp3) is 0.357. The number of rotatable bonds is 3. The highest BCUT2D eigenvalue weighted by Crippen LogP contribution is 2.60. The van der Waals surface area contributed by atoms with Gasteiger partial charge in [0.2, 0.25) is 0 Å². The molecule has 2 unspecified atom stereocenters. The van der Waals surface area contributed by atoms with Gasteiger partial charge in [0.1, 0.15) is 0 Å². The van der Waals surface area contributed by atoms with Crippen molar-refractivity contribution in [3.05, 3.63) is 42.0 Å². The number of carboxylic acid groups (broad SMARTS) is 1. The van der Waals surface area contributed by atoms with Crippen molar-refractivity contribution in [2.45, 2.75) is 13.8 Å². The molecule has 3 heteroatoms. The first-order valence-electron chi connectivity index (χ1n) is 5.60. The summed E-state index contributed by atoms with van der Waals surface area (Å²) >= 11 is 3.52. The molecule has 1 aromatic carbocycles. The monoisotopic (exact) mass is 294 g/mol. The lowest BCUT2D eigenvalue weighted by Crippen LogP contribution is -2.02. The van der Waals surface area contributed by atoms with Gasteiger partial charge in [-0.3, -0.25) is 4.79 Å². The molecule has 0 spiro atoms. The van der Waals surface area contributed by atoms with E-state index in [1.165, 1.54) is 0 Å². The zero-order valence-electron chi connectivity index (χ0n) is 9.85. The Kier molecular flexibility index (Phi) is 3.13. The Balaban J connectivity index is 2.20. The summed E-state index contributed by atoms with van der Waals surface area (Å²) in [6.07, 6.45) is 2.02. The van der Waals surface area contributed by atoms with Crippen LogP contribution in [-0.4, -0.2) is 11.1 Å². The number of aliphatic carboxylic acids is 1. The molecule has 0 aliphatic heterocycles. The van der Waals surface area contributed by atoms with Gasteiger partial charge in [0.25, 0.3) is 0 Å². The predicted molar refractivity (Wildman–Crippen MR) is 71.7 cm³/mol. The highest BCUT2D eigenvalue weighted by atomic mass is 79.9. The Labute approximate surface area is 109 Å². The Morgan fingerprint density at radius 3 is 2.41 bits per heavy atom. The smallest absolute Gasteiger partial charge is 0.307 e. The maximum atomic E-state index is 11.1. The summed E-state index contributed by atoms with van der Waals surface area (Å²) in [4.78, 5) is 11.1. The molecule has 0 saturated heterocycles. The molecule has 1 N–H and O–H groups in total. The highest BCUT2D eigenvalue weighted by Gasteiger charge is 2.60. The van der Waals surface area contributed by atoms with Crippen LogP contribution in [0.4, 0.5) is 0 Å². The molecule has 0 heterocycles. The standard InChI is InChI=1S/C14H15BrO2/c1-14(2)10(12(14)13(16)17)8-11(15)9-6-4-3-5-7-9/h3-8,10,12H,1-2H3,(H,16,17)/b11-8-. The number of carbonyl (C=O) groups is 1. The molecule has 0 bridgehead atoms. The van der Waals surface area contributed by atoms with E-state index in [4.69, 9.17) is 5.11 Å². The second-order valence-electron chi connectivity index (χ2n) is 5.04. The summed E-state index contributed by atoms with van der Waals surface area (Å²) in [5, 5.41) is 9.10. The van der Waals surface area contributed by atoms with Gasteiger partial charge in [-0.1, -0.05) is 66.2 Å². The number of halogens is 1. The van der Waals surface area contributed by atoms with E-state index in [9.17, 15) is 4.79 Å². The first-order valence-corrected chi connectivity index (χ1v) is 6.39. The quantitative estimate of drug-likeness (QED) is 0.921. The summed E-state index contributed by atoms with van der Waals surface area (Å²) in [5.41, 5.74) is 0.943. The summed E-state index contributed by atoms with van der Waals surface area (Å²) in [6, 6.07) is 9.91. The first-order chi connectivity index (χ1) is 7.94. The van der Waals surface area contributed by atoms with Crippen LogP contribution in [0.25, 0.3) is 4.48 Å². The third-order valence-corrected chi connectivity index (χ3v) is 4.27. The molecular formula is C14H15BrO2. The molecule has 0 aromatic heterocycles. The van der Waals surface area contributed by atoms with Crippen LogP contribution in [0.2, 0.25) is 0 Å². The van der Waals surface area contributed by atoms with Crippen LogP contribution >= 0.6 is 15.9 Å². The van der Waals surface area contributed by atoms with E-state index in [2.05, 4.69) is 15.9 Å². The molecule has 2 nitrogen and oxygen atoms in total. The van der Waals surface area contributed by atoms with Gasteiger partial charge in [0.05, 0.1) is 5.92 Å². The van der Waals surface area contributed by atoms with E-state index in [0.717, 1.165) is 10.0 Å². The van der Waals surface area contributed by atoms with Crippen LogP contribution in [0.3, 0.4) is 0 Å². The van der Waals surface area contributed by atoms with Gasteiger partial charge in [-0.15, -0.1) is 0 Å². The molecule has 17 heavy (non-hydrogen) atoms. The third kappa shape index (κ3) is 2.29. The predicted octanol–water partition coefficient (Wildman–Crippen LogP) is 3.78. The first kappa shape index (κ1) is 12.4. The molecule has 1 saturated carbocycles. The molecule has 1 aliphatic carbocycles. The summed E-state index contributed by atoms with van der Waals surface area (Å²) in [6.45, 7) is 4.00. The van der Waals surface area contributed by atoms with Crippen molar-refractivity contribution >= 4 is 26.4 Å². The van der Waals surface area contributed by atoms with Crippen molar-refractivity contribution < 1.29 is 9.90 Å². The van der Waals surface area contributed by atoms with Crippen LogP contribution in [-0.2, 0) is 4.79 Å². The molecule has 2 atom stereocenters. The highest BCUT2D eigenvalue weighted by molar-refractivity contribution is 9.15. The lowest BCUT2D eigenvalue weighted by Gasteiger charge is -2.00. The van der Waals surface area contributed by atoms with Crippen LogP contribution in [0.15, 0.2) is 36.4 Å². The van der Waals surface area contributed by atoms with E-state index in [1.807, 2.05) is 50.3 Å². The number of hydrogen-bond acceptors (Lipinski definition) is 1. The second-order valence-corrected chi connectivity index (χ2v) is 5.90. The molecule has 90 valence electrons. The van der Waals surface area contributed by atoms with Crippen molar-refractivity contribution in [1.82, 2.24) is 0 Å². The fourth-order valence-electron chi connectivity index (χ4n) is 2.31. The zero-order chi connectivity index (χ0) is 12.6. The van der Waals surface area contributed by atoms with Crippen LogP contribution in [0.1, 0.15) is 19.4 Å². The van der Waals surface area contributed by atoms with E-state index < -0.39 is 5.97 Å². The van der Waals surface area contributed by atoms with E-state index >= 15 is 0 Å². The minimum absolute atomic E-state index is 0.106. The maximum absolute atomic E-state index is 11.1. The lowest BCUT2D eigenvalue weighted by atomic mass is 10.1. The topological polar surface area (TPSA) is 37.3 Å². The van der Waals surface area contributed by atoms with Gasteiger partial charge < -0.3 is 5.11 Å². The number of carboxylic acids is 1. The van der Waals surface area contributed by atoms with Crippen LogP contribution < -0.4 is 0 Å². The normalized spacial score (nSPS) is 26.6. The Hall–Kier alpha value is -1.09. The van der Waals surface area contributed by atoms with Crippen LogP contribution in [0, 0.1) is 17.3 Å². The number of benzene rings is 1. The van der Waals surface area contributed by atoms with Crippen molar-refractivity contribution in [2.24, 2.45) is 17.3 Å².